The van der Waals surface area contributed by atoms with Gasteiger partial charge in [0.25, 0.3) is 0 Å². The van der Waals surface area contributed by atoms with E-state index in [0.29, 0.717) is 18.7 Å². The van der Waals surface area contributed by atoms with E-state index in [1.54, 1.807) is 6.33 Å². The zero-order valence-corrected chi connectivity index (χ0v) is 11.3. The summed E-state index contributed by atoms with van der Waals surface area (Å²) in [5, 5.41) is 22.8. The molecule has 0 aliphatic rings. The van der Waals surface area contributed by atoms with Crippen molar-refractivity contribution in [3.8, 4) is 0 Å². The van der Waals surface area contributed by atoms with Crippen LogP contribution in [-0.4, -0.2) is 25.8 Å². The van der Waals surface area contributed by atoms with Crippen LogP contribution in [0.1, 0.15) is 23.9 Å². The molecule has 0 amide bonds. The molecule has 0 unspecified atom stereocenters. The van der Waals surface area contributed by atoms with Crippen LogP contribution in [0.2, 0.25) is 0 Å². The van der Waals surface area contributed by atoms with Crippen molar-refractivity contribution in [2.45, 2.75) is 26.6 Å². The van der Waals surface area contributed by atoms with E-state index in [9.17, 15) is 0 Å². The molecule has 7 heteroatoms. The van der Waals surface area contributed by atoms with E-state index in [0.717, 1.165) is 17.9 Å². The molecule has 1 aromatic heterocycles. The zero-order chi connectivity index (χ0) is 14.4. The lowest BCUT2D eigenvalue weighted by atomic mass is 10.1. The molecule has 0 radical (unpaired) electrons. The lowest BCUT2D eigenvalue weighted by molar-refractivity contribution is 0.318. The third kappa shape index (κ3) is 3.33. The Bertz CT molecular complexity index is 575. The predicted molar refractivity (Wildman–Crippen MR) is 75.2 cm³/mol. The van der Waals surface area contributed by atoms with Crippen molar-refractivity contribution >= 4 is 5.84 Å². The summed E-state index contributed by atoms with van der Waals surface area (Å²) in [6.07, 6.45) is 1.73. The maximum atomic E-state index is 8.59. The normalized spacial score (nSPS) is 11.8. The van der Waals surface area contributed by atoms with Crippen molar-refractivity contribution < 1.29 is 5.21 Å². The highest BCUT2D eigenvalue weighted by atomic mass is 16.4. The van der Waals surface area contributed by atoms with Crippen molar-refractivity contribution in [3.05, 3.63) is 47.5 Å². The van der Waals surface area contributed by atoms with Crippen LogP contribution in [0.4, 0.5) is 0 Å². The van der Waals surface area contributed by atoms with Gasteiger partial charge >= 0.3 is 0 Å². The van der Waals surface area contributed by atoms with Crippen molar-refractivity contribution in [1.82, 2.24) is 20.1 Å². The second kappa shape index (κ2) is 6.67. The fraction of sp³-hybridized carbons (Fsp3) is 0.308. The fourth-order valence-electron chi connectivity index (χ4n) is 1.85. The highest BCUT2D eigenvalue weighted by Crippen LogP contribution is 2.04. The Hall–Kier alpha value is -2.41. The van der Waals surface area contributed by atoms with Gasteiger partial charge < -0.3 is 20.8 Å². The molecule has 106 valence electrons. The summed E-state index contributed by atoms with van der Waals surface area (Å²) in [6, 6.07) is 7.51. The average Bonchev–Trinajstić information content (AvgIpc) is 2.94. The van der Waals surface area contributed by atoms with E-state index >= 15 is 0 Å². The second-order valence-electron chi connectivity index (χ2n) is 4.32. The minimum atomic E-state index is 0.112. The summed E-state index contributed by atoms with van der Waals surface area (Å²) in [5.41, 5.74) is 7.32. The van der Waals surface area contributed by atoms with Crippen molar-refractivity contribution in [2.75, 3.05) is 0 Å². The van der Waals surface area contributed by atoms with E-state index < -0.39 is 0 Å². The molecule has 0 aliphatic carbocycles. The van der Waals surface area contributed by atoms with Crippen LogP contribution in [0.5, 0.6) is 0 Å². The summed E-state index contributed by atoms with van der Waals surface area (Å²) in [5.74, 6) is 1.03. The van der Waals surface area contributed by atoms with Gasteiger partial charge in [-0.25, -0.2) is 0 Å². The highest BCUT2D eigenvalue weighted by Gasteiger charge is 2.02. The number of hydrogen-bond acceptors (Lipinski definition) is 5. The van der Waals surface area contributed by atoms with Crippen molar-refractivity contribution in [2.24, 2.45) is 10.9 Å². The number of benzene rings is 1. The van der Waals surface area contributed by atoms with Crippen LogP contribution < -0.4 is 11.1 Å². The van der Waals surface area contributed by atoms with Gasteiger partial charge in [-0.3, -0.25) is 0 Å². The van der Waals surface area contributed by atoms with Gasteiger partial charge in [0, 0.05) is 18.7 Å². The lowest BCUT2D eigenvalue weighted by Crippen LogP contribution is -2.17. The fourth-order valence-corrected chi connectivity index (χ4v) is 1.85. The molecule has 20 heavy (non-hydrogen) atoms. The van der Waals surface area contributed by atoms with Gasteiger partial charge in [-0.1, -0.05) is 29.4 Å². The number of amidine groups is 1. The van der Waals surface area contributed by atoms with Crippen LogP contribution in [0.15, 0.2) is 35.7 Å². The number of oxime groups is 1. The molecule has 0 spiro atoms. The molecule has 0 aliphatic heterocycles. The molecular formula is C13H18N6O. The van der Waals surface area contributed by atoms with Gasteiger partial charge in [-0.15, -0.1) is 10.2 Å². The number of hydrogen-bond donors (Lipinski definition) is 3. The summed E-state index contributed by atoms with van der Waals surface area (Å²) < 4.78 is 1.99. The van der Waals surface area contributed by atoms with E-state index in [-0.39, 0.29) is 5.84 Å². The highest BCUT2D eigenvalue weighted by molar-refractivity contribution is 5.96. The van der Waals surface area contributed by atoms with Crippen LogP contribution in [0.3, 0.4) is 0 Å². The average molecular weight is 274 g/mol. The molecular weight excluding hydrogens is 256 g/mol. The van der Waals surface area contributed by atoms with Crippen LogP contribution >= 0.6 is 0 Å². The maximum absolute atomic E-state index is 8.59. The standard InChI is InChI=1S/C13H18N6O/c1-2-19-9-16-17-12(19)8-15-7-10-3-5-11(6-4-10)13(14)18-20/h3-6,9,15,20H,2,7-8H2,1H3,(H2,14,18). The SMILES string of the molecule is CCn1cnnc1CNCc1ccc(/C(N)=N/O)cc1. The monoisotopic (exact) mass is 274 g/mol. The molecule has 2 aromatic rings. The first kappa shape index (κ1) is 14.0. The van der Waals surface area contributed by atoms with E-state index in [4.69, 9.17) is 10.9 Å². The second-order valence-corrected chi connectivity index (χ2v) is 4.32. The number of aryl methyl sites for hydroxylation is 1. The summed E-state index contributed by atoms with van der Waals surface area (Å²) in [7, 11) is 0. The van der Waals surface area contributed by atoms with Gasteiger partial charge in [0.2, 0.25) is 0 Å². The van der Waals surface area contributed by atoms with Crippen molar-refractivity contribution in [3.63, 3.8) is 0 Å². The van der Waals surface area contributed by atoms with Crippen LogP contribution in [0.25, 0.3) is 0 Å². The first-order chi connectivity index (χ1) is 9.74. The van der Waals surface area contributed by atoms with Crippen LogP contribution in [0, 0.1) is 0 Å². The molecule has 0 saturated heterocycles. The molecule has 0 bridgehead atoms. The molecule has 4 N–H and O–H groups in total. The number of aromatic nitrogens is 3. The summed E-state index contributed by atoms with van der Waals surface area (Å²) >= 11 is 0. The number of nitrogens with two attached hydrogens (primary N) is 1. The Balaban J connectivity index is 1.88. The third-order valence-electron chi connectivity index (χ3n) is 3.01. The summed E-state index contributed by atoms with van der Waals surface area (Å²) in [4.78, 5) is 0. The van der Waals surface area contributed by atoms with E-state index in [1.165, 1.54) is 0 Å². The first-order valence-electron chi connectivity index (χ1n) is 6.38. The van der Waals surface area contributed by atoms with Gasteiger partial charge in [-0.2, -0.15) is 0 Å². The molecule has 1 heterocycles. The van der Waals surface area contributed by atoms with E-state index in [2.05, 4.69) is 27.6 Å². The Kier molecular flexibility index (Phi) is 4.67. The Morgan fingerprint density at radius 3 is 2.75 bits per heavy atom. The predicted octanol–water partition coefficient (Wildman–Crippen LogP) is 0.682. The van der Waals surface area contributed by atoms with Gasteiger partial charge in [0.05, 0.1) is 6.54 Å². The number of rotatable bonds is 6. The largest absolute Gasteiger partial charge is 0.409 e. The van der Waals surface area contributed by atoms with Crippen LogP contribution in [-0.2, 0) is 19.6 Å². The number of nitrogens with one attached hydrogen (secondary N) is 1. The molecule has 0 saturated carbocycles. The Labute approximate surface area is 117 Å². The minimum absolute atomic E-state index is 0.112. The molecule has 0 atom stereocenters. The lowest BCUT2D eigenvalue weighted by Gasteiger charge is -2.06. The smallest absolute Gasteiger partial charge is 0.170 e. The minimum Gasteiger partial charge on any atom is -0.409 e. The zero-order valence-electron chi connectivity index (χ0n) is 11.3. The topological polar surface area (TPSA) is 101 Å². The van der Waals surface area contributed by atoms with Gasteiger partial charge in [-0.05, 0) is 12.5 Å². The van der Waals surface area contributed by atoms with Gasteiger partial charge in [0.15, 0.2) is 5.84 Å². The Morgan fingerprint density at radius 1 is 1.35 bits per heavy atom. The van der Waals surface area contributed by atoms with Crippen molar-refractivity contribution in [1.29, 1.82) is 0 Å². The summed E-state index contributed by atoms with van der Waals surface area (Å²) in [6.45, 7) is 4.29. The molecule has 2 rings (SSSR count). The first-order valence-corrected chi connectivity index (χ1v) is 6.38. The van der Waals surface area contributed by atoms with Gasteiger partial charge in [0.1, 0.15) is 12.2 Å². The quantitative estimate of drug-likeness (QED) is 0.311. The molecule has 7 nitrogen and oxygen atoms in total. The van der Waals surface area contributed by atoms with E-state index in [1.807, 2.05) is 28.8 Å². The number of nitrogens with zero attached hydrogens (tertiary/aromatic N) is 4. The third-order valence-corrected chi connectivity index (χ3v) is 3.01. The Morgan fingerprint density at radius 2 is 2.10 bits per heavy atom. The molecule has 0 fully saturated rings. The maximum Gasteiger partial charge on any atom is 0.170 e. The molecule has 1 aromatic carbocycles.